The molecule has 4 nitrogen and oxygen atoms in total. The molecule has 20 heavy (non-hydrogen) atoms. The lowest BCUT2D eigenvalue weighted by Crippen LogP contribution is -2.51. The number of carbonyl (C=O) groups is 1. The van der Waals surface area contributed by atoms with Crippen LogP contribution in [-0.2, 0) is 14.9 Å². The Kier molecular flexibility index (Phi) is 5.15. The second kappa shape index (κ2) is 6.86. The van der Waals surface area contributed by atoms with Crippen LogP contribution in [0.5, 0.6) is 0 Å². The molecule has 0 aromatic heterocycles. The van der Waals surface area contributed by atoms with Crippen molar-refractivity contribution in [1.29, 1.82) is 0 Å². The van der Waals surface area contributed by atoms with E-state index in [4.69, 9.17) is 4.74 Å². The molecule has 1 aromatic carbocycles. The molecular formula is C16H24N2O2. The number of piperidine rings is 1. The molecule has 1 atom stereocenters. The van der Waals surface area contributed by atoms with Crippen molar-refractivity contribution in [1.82, 2.24) is 10.6 Å². The van der Waals surface area contributed by atoms with E-state index in [0.29, 0.717) is 6.54 Å². The van der Waals surface area contributed by atoms with Gasteiger partial charge >= 0.3 is 0 Å². The van der Waals surface area contributed by atoms with Crippen molar-refractivity contribution < 1.29 is 9.53 Å². The summed E-state index contributed by atoms with van der Waals surface area (Å²) in [4.78, 5) is 12.7. The maximum Gasteiger partial charge on any atom is 0.230 e. The van der Waals surface area contributed by atoms with Crippen molar-refractivity contribution in [2.24, 2.45) is 0 Å². The molecule has 0 saturated carbocycles. The van der Waals surface area contributed by atoms with Crippen LogP contribution in [0.4, 0.5) is 0 Å². The molecule has 2 N–H and O–H groups in total. The van der Waals surface area contributed by atoms with Gasteiger partial charge in [-0.3, -0.25) is 4.79 Å². The largest absolute Gasteiger partial charge is 0.380 e. The standard InChI is InChI=1S/C16H24N2O2/c1-13(20-2)12-18-15(19)16(8-10-17-11-9-16)14-6-4-3-5-7-14/h3-7,13,17H,8-12H2,1-2H3,(H,18,19). The summed E-state index contributed by atoms with van der Waals surface area (Å²) in [6, 6.07) is 10.1. The monoisotopic (exact) mass is 276 g/mol. The Morgan fingerprint density at radius 2 is 2.00 bits per heavy atom. The van der Waals surface area contributed by atoms with Crippen LogP contribution in [0.25, 0.3) is 0 Å². The second-order valence-corrected chi connectivity index (χ2v) is 5.45. The van der Waals surface area contributed by atoms with Gasteiger partial charge in [0.2, 0.25) is 5.91 Å². The van der Waals surface area contributed by atoms with Crippen LogP contribution in [0.2, 0.25) is 0 Å². The lowest BCUT2D eigenvalue weighted by atomic mass is 9.72. The normalized spacial score (nSPS) is 19.3. The van der Waals surface area contributed by atoms with Gasteiger partial charge in [-0.15, -0.1) is 0 Å². The summed E-state index contributed by atoms with van der Waals surface area (Å²) >= 11 is 0. The van der Waals surface area contributed by atoms with Gasteiger partial charge in [-0.25, -0.2) is 0 Å². The van der Waals surface area contributed by atoms with E-state index in [0.717, 1.165) is 31.5 Å². The van der Waals surface area contributed by atoms with Gasteiger partial charge in [0.1, 0.15) is 0 Å². The molecular weight excluding hydrogens is 252 g/mol. The number of amides is 1. The molecule has 1 fully saturated rings. The van der Waals surface area contributed by atoms with Crippen molar-refractivity contribution in [3.63, 3.8) is 0 Å². The molecule has 1 heterocycles. The van der Waals surface area contributed by atoms with Gasteiger partial charge in [0.25, 0.3) is 0 Å². The molecule has 1 aromatic rings. The van der Waals surface area contributed by atoms with E-state index < -0.39 is 5.41 Å². The number of hydrogen-bond donors (Lipinski definition) is 2. The van der Waals surface area contributed by atoms with E-state index in [1.54, 1.807) is 7.11 Å². The maximum atomic E-state index is 12.7. The highest BCUT2D eigenvalue weighted by Gasteiger charge is 2.40. The first-order valence-corrected chi connectivity index (χ1v) is 7.26. The SMILES string of the molecule is COC(C)CNC(=O)C1(c2ccccc2)CCNCC1. The molecule has 4 heteroatoms. The zero-order valence-corrected chi connectivity index (χ0v) is 12.3. The molecule has 0 radical (unpaired) electrons. The highest BCUT2D eigenvalue weighted by Crippen LogP contribution is 2.33. The van der Waals surface area contributed by atoms with E-state index in [9.17, 15) is 4.79 Å². The summed E-state index contributed by atoms with van der Waals surface area (Å²) in [7, 11) is 1.66. The first kappa shape index (κ1) is 15.0. The Labute approximate surface area is 120 Å². The molecule has 0 aliphatic carbocycles. The van der Waals surface area contributed by atoms with Crippen LogP contribution in [0.15, 0.2) is 30.3 Å². The Balaban J connectivity index is 2.17. The van der Waals surface area contributed by atoms with E-state index >= 15 is 0 Å². The predicted molar refractivity (Wildman–Crippen MR) is 79.7 cm³/mol. The van der Waals surface area contributed by atoms with Crippen LogP contribution in [-0.4, -0.2) is 38.8 Å². The van der Waals surface area contributed by atoms with Gasteiger partial charge in [0.05, 0.1) is 11.5 Å². The van der Waals surface area contributed by atoms with Crippen molar-refractivity contribution in [2.75, 3.05) is 26.7 Å². The fourth-order valence-electron chi connectivity index (χ4n) is 2.75. The predicted octanol–water partition coefficient (Wildman–Crippen LogP) is 1.46. The second-order valence-electron chi connectivity index (χ2n) is 5.45. The van der Waals surface area contributed by atoms with Crippen LogP contribution in [0, 0.1) is 0 Å². The fraction of sp³-hybridized carbons (Fsp3) is 0.562. The lowest BCUT2D eigenvalue weighted by molar-refractivity contribution is -0.128. The van der Waals surface area contributed by atoms with E-state index in [1.807, 2.05) is 25.1 Å². The first-order valence-electron chi connectivity index (χ1n) is 7.26. The number of methoxy groups -OCH3 is 1. The molecule has 1 amide bonds. The minimum absolute atomic E-state index is 0.0356. The van der Waals surface area contributed by atoms with Gasteiger partial charge in [-0.1, -0.05) is 30.3 Å². The van der Waals surface area contributed by atoms with Gasteiger partial charge in [-0.2, -0.15) is 0 Å². The highest BCUT2D eigenvalue weighted by atomic mass is 16.5. The number of nitrogens with one attached hydrogen (secondary N) is 2. The van der Waals surface area contributed by atoms with Crippen molar-refractivity contribution in [2.45, 2.75) is 31.3 Å². The minimum Gasteiger partial charge on any atom is -0.380 e. The van der Waals surface area contributed by atoms with Crippen LogP contribution >= 0.6 is 0 Å². The number of hydrogen-bond acceptors (Lipinski definition) is 3. The van der Waals surface area contributed by atoms with Gasteiger partial charge in [0.15, 0.2) is 0 Å². The average Bonchev–Trinajstić information content (AvgIpc) is 2.53. The summed E-state index contributed by atoms with van der Waals surface area (Å²) in [5.41, 5.74) is 0.712. The minimum atomic E-state index is -0.403. The van der Waals surface area contributed by atoms with E-state index in [1.165, 1.54) is 0 Å². The topological polar surface area (TPSA) is 50.4 Å². The highest BCUT2D eigenvalue weighted by molar-refractivity contribution is 5.88. The summed E-state index contributed by atoms with van der Waals surface area (Å²) in [5.74, 6) is 0.120. The third-order valence-electron chi connectivity index (χ3n) is 4.17. The molecule has 1 aliphatic rings. The fourth-order valence-corrected chi connectivity index (χ4v) is 2.75. The molecule has 1 unspecified atom stereocenters. The van der Waals surface area contributed by atoms with Gasteiger partial charge in [-0.05, 0) is 38.4 Å². The lowest BCUT2D eigenvalue weighted by Gasteiger charge is -2.37. The number of benzene rings is 1. The van der Waals surface area contributed by atoms with Crippen LogP contribution in [0.3, 0.4) is 0 Å². The zero-order valence-electron chi connectivity index (χ0n) is 12.3. The summed E-state index contributed by atoms with van der Waals surface area (Å²) in [6.07, 6.45) is 1.71. The molecule has 0 bridgehead atoms. The average molecular weight is 276 g/mol. The zero-order chi connectivity index (χ0) is 14.4. The molecule has 1 saturated heterocycles. The Hall–Kier alpha value is -1.39. The Bertz CT molecular complexity index is 427. The van der Waals surface area contributed by atoms with Crippen molar-refractivity contribution >= 4 is 5.91 Å². The maximum absolute atomic E-state index is 12.7. The molecule has 110 valence electrons. The third-order valence-corrected chi connectivity index (χ3v) is 4.17. The van der Waals surface area contributed by atoms with Gasteiger partial charge in [0, 0.05) is 13.7 Å². The molecule has 2 rings (SSSR count). The van der Waals surface area contributed by atoms with E-state index in [2.05, 4.69) is 22.8 Å². The number of rotatable bonds is 5. The Morgan fingerprint density at radius 1 is 1.35 bits per heavy atom. The third kappa shape index (κ3) is 3.19. The van der Waals surface area contributed by atoms with Crippen LogP contribution < -0.4 is 10.6 Å². The van der Waals surface area contributed by atoms with Gasteiger partial charge < -0.3 is 15.4 Å². The quantitative estimate of drug-likeness (QED) is 0.856. The molecule has 1 aliphatic heterocycles. The Morgan fingerprint density at radius 3 is 2.60 bits per heavy atom. The first-order chi connectivity index (χ1) is 9.69. The summed E-state index contributed by atoms with van der Waals surface area (Å²) < 4.78 is 5.20. The summed E-state index contributed by atoms with van der Waals surface area (Å²) in [6.45, 7) is 4.26. The van der Waals surface area contributed by atoms with E-state index in [-0.39, 0.29) is 12.0 Å². The summed E-state index contributed by atoms with van der Waals surface area (Å²) in [5, 5.41) is 6.39. The number of carbonyl (C=O) groups excluding carboxylic acids is 1. The van der Waals surface area contributed by atoms with Crippen molar-refractivity contribution in [3.8, 4) is 0 Å². The smallest absolute Gasteiger partial charge is 0.230 e. The van der Waals surface area contributed by atoms with Crippen molar-refractivity contribution in [3.05, 3.63) is 35.9 Å². The molecule has 0 spiro atoms. The number of ether oxygens (including phenoxy) is 1. The van der Waals surface area contributed by atoms with Crippen LogP contribution in [0.1, 0.15) is 25.3 Å².